The molecule has 6 aliphatic heterocycles. The Morgan fingerprint density at radius 2 is 1.84 bits per heavy atom. The van der Waals surface area contributed by atoms with E-state index in [-0.39, 0.29) is 43.5 Å². The van der Waals surface area contributed by atoms with Crippen LogP contribution < -0.4 is 0 Å². The van der Waals surface area contributed by atoms with Crippen LogP contribution in [0.2, 0.25) is 0 Å². The highest BCUT2D eigenvalue weighted by atomic mass is 16.8. The van der Waals surface area contributed by atoms with Crippen molar-refractivity contribution in [2.75, 3.05) is 6.61 Å². The molecule has 3 spiro atoms. The molecule has 5 bridgehead atoms. The minimum Gasteiger partial charge on any atom is -0.458 e. The van der Waals surface area contributed by atoms with Gasteiger partial charge in [-0.2, -0.15) is 0 Å². The van der Waals surface area contributed by atoms with Crippen LogP contribution in [0.1, 0.15) is 52.9 Å². The van der Waals surface area contributed by atoms with Crippen molar-refractivity contribution in [2.24, 2.45) is 34.5 Å². The van der Waals surface area contributed by atoms with Crippen molar-refractivity contribution in [3.63, 3.8) is 0 Å². The number of hydrogen-bond acceptors (Lipinski definition) is 10. The molecule has 6 saturated heterocycles. The van der Waals surface area contributed by atoms with Gasteiger partial charge in [-0.25, -0.2) is 4.79 Å². The van der Waals surface area contributed by atoms with Crippen molar-refractivity contribution in [1.82, 2.24) is 0 Å². The maximum atomic E-state index is 14.9. The summed E-state index contributed by atoms with van der Waals surface area (Å²) in [6, 6.07) is 0. The van der Waals surface area contributed by atoms with Gasteiger partial charge in [0.1, 0.15) is 11.7 Å². The number of fused-ring (bicyclic) bond motifs is 4. The summed E-state index contributed by atoms with van der Waals surface area (Å²) in [6.45, 7) is 5.27. The average Bonchev–Trinajstić information content (AvgIpc) is 3.45. The van der Waals surface area contributed by atoms with Gasteiger partial charge >= 0.3 is 11.9 Å². The Morgan fingerprint density at radius 1 is 1.05 bits per heavy atom. The number of carbonyl (C=O) groups is 4. The Kier molecular flexibility index (Phi) is 3.47. The van der Waals surface area contributed by atoms with E-state index in [4.69, 9.17) is 23.7 Å². The lowest BCUT2D eigenvalue weighted by Gasteiger charge is -2.63. The standard InChI is InChI=1S/C28H30O10/c1-22-10-17-24(3)28-18(22)19(30)27(38-28,34-11-14(22)20(31)35-17)13-9-16-26(36-16)7-4-5-15(29)23(26,2)12(13)6-8-25(28,33)21(32)37-24/h4-5,12-14,16-18,33H,6-11H2,1-3H3/t12-,13-,14+,16-,17-,18+,22-,23+,24-,25+,26-,27-,28+/m1/s1. The predicted molar refractivity (Wildman–Crippen MR) is 122 cm³/mol. The van der Waals surface area contributed by atoms with Crippen LogP contribution in [0.3, 0.4) is 0 Å². The van der Waals surface area contributed by atoms with Gasteiger partial charge in [0.15, 0.2) is 28.4 Å². The van der Waals surface area contributed by atoms with Gasteiger partial charge < -0.3 is 28.8 Å². The summed E-state index contributed by atoms with van der Waals surface area (Å²) >= 11 is 0. The lowest BCUT2D eigenvalue weighted by molar-refractivity contribution is -0.375. The normalized spacial score (nSPS) is 64.1. The summed E-state index contributed by atoms with van der Waals surface area (Å²) in [5.41, 5.74) is -8.23. The van der Waals surface area contributed by atoms with Crippen molar-refractivity contribution in [1.29, 1.82) is 0 Å². The maximum Gasteiger partial charge on any atom is 0.342 e. The molecule has 10 nitrogen and oxygen atoms in total. The fourth-order valence-corrected chi connectivity index (χ4v) is 10.9. The third-order valence-electron chi connectivity index (χ3n) is 12.9. The maximum absolute atomic E-state index is 14.9. The predicted octanol–water partition coefficient (Wildman–Crippen LogP) is 0.768. The third kappa shape index (κ3) is 1.79. The van der Waals surface area contributed by atoms with Gasteiger partial charge in [0.25, 0.3) is 0 Å². The van der Waals surface area contributed by atoms with Crippen LogP contribution in [-0.2, 0) is 42.9 Å². The number of carbonyl (C=O) groups excluding carboxylic acids is 4. The first-order valence-corrected chi connectivity index (χ1v) is 13.8. The first-order chi connectivity index (χ1) is 17.9. The SMILES string of the molecule is C[C@@]12C[C@H]3OC(=O)[C@@H]1CO[C@]14O[C@]5([C@H]2C1=O)[C@](O)(CC[C@@H]1[C@H]4C[C@H]2O[C@]24CC=CC(=O)[C@]14C)C(=O)O[C@]35C. The van der Waals surface area contributed by atoms with E-state index in [1.165, 1.54) is 0 Å². The number of Topliss-reactive ketones (excluding diaryl/α,β-unsaturated/α-hetero) is 1. The molecule has 0 aromatic rings. The highest BCUT2D eigenvalue weighted by Crippen LogP contribution is 2.77. The summed E-state index contributed by atoms with van der Waals surface area (Å²) in [6.07, 6.45) is 3.82. The van der Waals surface area contributed by atoms with E-state index in [0.29, 0.717) is 12.8 Å². The molecule has 9 aliphatic rings. The second kappa shape index (κ2) is 5.82. The number of rotatable bonds is 0. The van der Waals surface area contributed by atoms with E-state index < -0.39 is 80.7 Å². The first-order valence-electron chi connectivity index (χ1n) is 13.8. The zero-order chi connectivity index (χ0) is 26.5. The van der Waals surface area contributed by atoms with Crippen LogP contribution in [0, 0.1) is 34.5 Å². The van der Waals surface area contributed by atoms with E-state index in [0.717, 1.165) is 0 Å². The number of esters is 2. The molecule has 38 heavy (non-hydrogen) atoms. The summed E-state index contributed by atoms with van der Waals surface area (Å²) in [5.74, 6) is -6.56. The van der Waals surface area contributed by atoms with E-state index in [1.54, 1.807) is 13.0 Å². The lowest BCUT2D eigenvalue weighted by Crippen LogP contribution is -2.79. The van der Waals surface area contributed by atoms with Crippen LogP contribution in [0.4, 0.5) is 0 Å². The highest BCUT2D eigenvalue weighted by molar-refractivity contribution is 6.00. The quantitative estimate of drug-likeness (QED) is 0.356. The van der Waals surface area contributed by atoms with E-state index in [2.05, 4.69) is 0 Å². The van der Waals surface area contributed by atoms with Crippen molar-refractivity contribution >= 4 is 23.5 Å². The van der Waals surface area contributed by atoms with E-state index >= 15 is 0 Å². The lowest BCUT2D eigenvalue weighted by atomic mass is 9.46. The summed E-state index contributed by atoms with van der Waals surface area (Å²) in [5, 5.41) is 12.4. The molecule has 0 aromatic heterocycles. The number of aliphatic hydroxyl groups is 1. The Morgan fingerprint density at radius 3 is 2.63 bits per heavy atom. The van der Waals surface area contributed by atoms with Crippen molar-refractivity contribution in [3.8, 4) is 0 Å². The molecular weight excluding hydrogens is 496 g/mol. The zero-order valence-electron chi connectivity index (χ0n) is 21.5. The number of ether oxygens (including phenoxy) is 5. The highest BCUT2D eigenvalue weighted by Gasteiger charge is 2.94. The number of ketones is 2. The number of hydrogen-bond donors (Lipinski definition) is 1. The molecule has 0 amide bonds. The molecule has 6 heterocycles. The van der Waals surface area contributed by atoms with Gasteiger partial charge in [-0.3, -0.25) is 14.4 Å². The zero-order valence-corrected chi connectivity index (χ0v) is 21.5. The Bertz CT molecular complexity index is 1340. The summed E-state index contributed by atoms with van der Waals surface area (Å²) in [7, 11) is 0. The molecule has 9 rings (SSSR count). The molecule has 1 N–H and O–H groups in total. The minimum absolute atomic E-state index is 0.0583. The molecule has 13 atom stereocenters. The van der Waals surface area contributed by atoms with Gasteiger partial charge in [0.05, 0.1) is 30.0 Å². The molecule has 8 fully saturated rings. The third-order valence-corrected chi connectivity index (χ3v) is 12.9. The topological polar surface area (TPSA) is 138 Å². The Labute approximate surface area is 218 Å². The van der Waals surface area contributed by atoms with Gasteiger partial charge in [0.2, 0.25) is 5.79 Å². The fraction of sp³-hybridized carbons (Fsp3) is 0.786. The largest absolute Gasteiger partial charge is 0.458 e. The van der Waals surface area contributed by atoms with E-state index in [9.17, 15) is 24.3 Å². The monoisotopic (exact) mass is 526 g/mol. The van der Waals surface area contributed by atoms with Gasteiger partial charge in [-0.15, -0.1) is 0 Å². The van der Waals surface area contributed by atoms with Crippen LogP contribution in [0.5, 0.6) is 0 Å². The molecule has 0 aromatic carbocycles. The van der Waals surface area contributed by atoms with Crippen molar-refractivity contribution in [3.05, 3.63) is 12.2 Å². The van der Waals surface area contributed by atoms with Gasteiger partial charge in [0, 0.05) is 5.92 Å². The number of allylic oxidation sites excluding steroid dienone is 1. The summed E-state index contributed by atoms with van der Waals surface area (Å²) in [4.78, 5) is 55.6. The molecule has 3 aliphatic carbocycles. The van der Waals surface area contributed by atoms with Crippen molar-refractivity contribution < 1.29 is 48.0 Å². The Hall–Kier alpha value is -2.14. The smallest absolute Gasteiger partial charge is 0.342 e. The van der Waals surface area contributed by atoms with Crippen LogP contribution in [-0.4, -0.2) is 75.6 Å². The van der Waals surface area contributed by atoms with Crippen LogP contribution in [0.15, 0.2) is 12.2 Å². The average molecular weight is 527 g/mol. The molecule has 10 heteroatoms. The first kappa shape index (κ1) is 22.7. The Balaban J connectivity index is 1.34. The summed E-state index contributed by atoms with van der Waals surface area (Å²) < 4.78 is 31.5. The second-order valence-corrected chi connectivity index (χ2v) is 13.8. The van der Waals surface area contributed by atoms with Crippen molar-refractivity contribution in [2.45, 2.75) is 93.3 Å². The second-order valence-electron chi connectivity index (χ2n) is 13.8. The van der Waals surface area contributed by atoms with E-state index in [1.807, 2.05) is 19.9 Å². The fourth-order valence-electron chi connectivity index (χ4n) is 10.9. The molecule has 2 saturated carbocycles. The molecule has 202 valence electrons. The van der Waals surface area contributed by atoms with Crippen LogP contribution >= 0.6 is 0 Å². The van der Waals surface area contributed by atoms with Gasteiger partial charge in [-0.05, 0) is 63.4 Å². The van der Waals surface area contributed by atoms with Gasteiger partial charge in [-0.1, -0.05) is 13.0 Å². The number of epoxide rings is 1. The molecule has 0 unspecified atom stereocenters. The molecule has 0 radical (unpaired) electrons. The van der Waals surface area contributed by atoms with Crippen LogP contribution in [0.25, 0.3) is 0 Å². The molecular formula is C28H30O10. The minimum atomic E-state index is -2.19.